The predicted molar refractivity (Wildman–Crippen MR) is 131 cm³/mol. The first-order valence-electron chi connectivity index (χ1n) is 12.3. The maximum Gasteiger partial charge on any atom is 0.308 e. The second kappa shape index (κ2) is 11.3. The molecule has 184 valence electrons. The van der Waals surface area contributed by atoms with Crippen LogP contribution in [0.4, 0.5) is 8.78 Å². The minimum atomic E-state index is -3.01. The van der Waals surface area contributed by atoms with E-state index < -0.39 is 5.92 Å². The average Bonchev–Trinajstić information content (AvgIpc) is 3.55. The monoisotopic (exact) mass is 479 g/mol. The first kappa shape index (κ1) is 24.6. The first-order valence-corrected chi connectivity index (χ1v) is 12.3. The Balaban J connectivity index is 1.57. The van der Waals surface area contributed by atoms with Gasteiger partial charge in [-0.15, -0.1) is 10.2 Å². The summed E-state index contributed by atoms with van der Waals surface area (Å²) >= 11 is 0. The average molecular weight is 480 g/mol. The number of hydrogen-bond donors (Lipinski definition) is 1. The van der Waals surface area contributed by atoms with Crippen LogP contribution in [0.15, 0.2) is 48.5 Å². The van der Waals surface area contributed by atoms with Crippen molar-refractivity contribution >= 4 is 0 Å². The maximum absolute atomic E-state index is 14.7. The van der Waals surface area contributed by atoms with Crippen molar-refractivity contribution in [2.75, 3.05) is 0 Å². The van der Waals surface area contributed by atoms with Gasteiger partial charge in [-0.2, -0.15) is 8.78 Å². The number of unbranched alkanes of at least 4 members (excludes halogenated alkanes) is 3. The molecule has 0 aliphatic carbocycles. The number of alkyl halides is 2. The molecule has 0 saturated heterocycles. The molecule has 35 heavy (non-hydrogen) atoms. The molecule has 2 aromatic heterocycles. The van der Waals surface area contributed by atoms with E-state index >= 15 is 0 Å². The number of nitrogens with one attached hydrogen (secondary N) is 1. The zero-order valence-corrected chi connectivity index (χ0v) is 20.2. The lowest BCUT2D eigenvalue weighted by Gasteiger charge is -2.11. The maximum atomic E-state index is 14.7. The summed E-state index contributed by atoms with van der Waals surface area (Å²) in [5.74, 6) is -2.15. The Bertz CT molecular complexity index is 1200. The summed E-state index contributed by atoms with van der Waals surface area (Å²) in [6, 6.07) is 15.9. The Hall–Kier alpha value is -3.49. The van der Waals surface area contributed by atoms with Gasteiger partial charge >= 0.3 is 5.92 Å². The molecular formula is C26H31F2N7. The van der Waals surface area contributed by atoms with Crippen molar-refractivity contribution in [1.29, 1.82) is 0 Å². The lowest BCUT2D eigenvalue weighted by molar-refractivity contribution is -0.0245. The molecule has 1 N–H and O–H groups in total. The molecule has 0 aliphatic heterocycles. The Morgan fingerprint density at radius 1 is 0.914 bits per heavy atom. The SMILES string of the molecule is CCCCCc1nc(C(F)(F)CCCC)nn1Cc1ccc(-c2ccccc2-c2nnn[nH]2)cc1. The molecule has 0 bridgehead atoms. The quantitative estimate of drug-likeness (QED) is 0.245. The van der Waals surface area contributed by atoms with Crippen LogP contribution in [0, 0.1) is 0 Å². The number of H-pyrrole nitrogens is 1. The number of benzene rings is 2. The zero-order valence-electron chi connectivity index (χ0n) is 20.2. The van der Waals surface area contributed by atoms with E-state index in [4.69, 9.17) is 0 Å². The molecule has 0 atom stereocenters. The highest BCUT2D eigenvalue weighted by atomic mass is 19.3. The molecule has 2 aromatic carbocycles. The smallest absolute Gasteiger partial charge is 0.245 e. The number of nitrogens with zero attached hydrogens (tertiary/aromatic N) is 6. The fraction of sp³-hybridized carbons (Fsp3) is 0.423. The highest BCUT2D eigenvalue weighted by Gasteiger charge is 2.36. The van der Waals surface area contributed by atoms with Crippen molar-refractivity contribution < 1.29 is 8.78 Å². The molecule has 0 unspecified atom stereocenters. The van der Waals surface area contributed by atoms with Crippen molar-refractivity contribution in [2.45, 2.75) is 71.3 Å². The Labute approximate surface area is 204 Å². The van der Waals surface area contributed by atoms with E-state index in [9.17, 15) is 8.78 Å². The molecule has 0 spiro atoms. The molecule has 0 fully saturated rings. The van der Waals surface area contributed by atoms with E-state index in [2.05, 4.69) is 37.6 Å². The first-order chi connectivity index (χ1) is 17.0. The lowest BCUT2D eigenvalue weighted by atomic mass is 9.98. The number of rotatable bonds is 12. The molecule has 7 nitrogen and oxygen atoms in total. The molecule has 9 heteroatoms. The van der Waals surface area contributed by atoms with E-state index in [1.165, 1.54) is 0 Å². The van der Waals surface area contributed by atoms with Gasteiger partial charge in [0, 0.05) is 18.4 Å². The van der Waals surface area contributed by atoms with Crippen LogP contribution in [0.1, 0.15) is 69.6 Å². The van der Waals surface area contributed by atoms with Crippen LogP contribution in [0.5, 0.6) is 0 Å². The lowest BCUT2D eigenvalue weighted by Crippen LogP contribution is -2.16. The number of aromatic nitrogens is 7. The Kier molecular flexibility index (Phi) is 7.94. The zero-order chi connectivity index (χ0) is 24.7. The minimum Gasteiger partial charge on any atom is -0.245 e. The molecular weight excluding hydrogens is 448 g/mol. The summed E-state index contributed by atoms with van der Waals surface area (Å²) < 4.78 is 31.1. The molecule has 4 rings (SSSR count). The minimum absolute atomic E-state index is 0.225. The van der Waals surface area contributed by atoms with Gasteiger partial charge in [0.15, 0.2) is 5.82 Å². The van der Waals surface area contributed by atoms with Gasteiger partial charge in [-0.05, 0) is 40.0 Å². The number of aromatic amines is 1. The van der Waals surface area contributed by atoms with Crippen LogP contribution in [0.25, 0.3) is 22.5 Å². The topological polar surface area (TPSA) is 85.2 Å². The van der Waals surface area contributed by atoms with Crippen LogP contribution < -0.4 is 0 Å². The van der Waals surface area contributed by atoms with Gasteiger partial charge in [0.2, 0.25) is 5.82 Å². The van der Waals surface area contributed by atoms with Crippen LogP contribution >= 0.6 is 0 Å². The van der Waals surface area contributed by atoms with Crippen LogP contribution in [-0.2, 0) is 18.9 Å². The largest absolute Gasteiger partial charge is 0.308 e. The van der Waals surface area contributed by atoms with Crippen molar-refractivity contribution in [3.8, 4) is 22.5 Å². The van der Waals surface area contributed by atoms with Gasteiger partial charge in [-0.1, -0.05) is 81.6 Å². The number of tetrazole rings is 1. The number of aryl methyl sites for hydroxylation is 1. The fourth-order valence-corrected chi connectivity index (χ4v) is 4.06. The molecule has 0 amide bonds. The normalized spacial score (nSPS) is 11.8. The fourth-order valence-electron chi connectivity index (χ4n) is 4.06. The van der Waals surface area contributed by atoms with Crippen LogP contribution in [0.2, 0.25) is 0 Å². The second-order valence-electron chi connectivity index (χ2n) is 8.77. The van der Waals surface area contributed by atoms with E-state index in [0.29, 0.717) is 37.5 Å². The molecule has 0 radical (unpaired) electrons. The van der Waals surface area contributed by atoms with E-state index in [-0.39, 0.29) is 12.2 Å². The predicted octanol–water partition coefficient (Wildman–Crippen LogP) is 6.19. The Morgan fingerprint density at radius 2 is 1.66 bits per heavy atom. The second-order valence-corrected chi connectivity index (χ2v) is 8.77. The number of hydrogen-bond acceptors (Lipinski definition) is 5. The summed E-state index contributed by atoms with van der Waals surface area (Å²) in [6.07, 6.45) is 4.56. The van der Waals surface area contributed by atoms with Crippen LogP contribution in [-0.4, -0.2) is 35.4 Å². The van der Waals surface area contributed by atoms with Gasteiger partial charge in [-0.25, -0.2) is 14.8 Å². The van der Waals surface area contributed by atoms with Gasteiger partial charge in [0.1, 0.15) is 5.82 Å². The van der Waals surface area contributed by atoms with Crippen molar-refractivity contribution in [2.24, 2.45) is 0 Å². The van der Waals surface area contributed by atoms with Crippen LogP contribution in [0.3, 0.4) is 0 Å². The summed E-state index contributed by atoms with van der Waals surface area (Å²) in [4.78, 5) is 4.29. The molecule has 0 aliphatic rings. The van der Waals surface area contributed by atoms with Gasteiger partial charge < -0.3 is 0 Å². The third kappa shape index (κ3) is 5.96. The Morgan fingerprint density at radius 3 is 2.34 bits per heavy atom. The van der Waals surface area contributed by atoms with Crippen molar-refractivity contribution in [3.63, 3.8) is 0 Å². The van der Waals surface area contributed by atoms with Crippen molar-refractivity contribution in [3.05, 3.63) is 65.7 Å². The number of halogens is 2. The summed E-state index contributed by atoms with van der Waals surface area (Å²) in [7, 11) is 0. The highest BCUT2D eigenvalue weighted by Crippen LogP contribution is 2.32. The highest BCUT2D eigenvalue weighted by molar-refractivity contribution is 5.80. The van der Waals surface area contributed by atoms with E-state index in [0.717, 1.165) is 41.5 Å². The summed E-state index contributed by atoms with van der Waals surface area (Å²) in [5, 5.41) is 18.5. The standard InChI is InChI=1S/C26H31F2N7/c1-3-5-7-12-23-29-25(26(27,28)17-6-4-2)32-35(23)18-19-13-15-20(16-14-19)21-10-8-9-11-22(21)24-30-33-34-31-24/h8-11,13-16H,3-7,12,17-18H2,1-2H3,(H,30,31,33,34). The molecule has 0 saturated carbocycles. The third-order valence-electron chi connectivity index (χ3n) is 6.05. The third-order valence-corrected chi connectivity index (χ3v) is 6.05. The van der Waals surface area contributed by atoms with Gasteiger partial charge in [-0.3, -0.25) is 0 Å². The molecule has 2 heterocycles. The summed E-state index contributed by atoms with van der Waals surface area (Å²) in [5.41, 5.74) is 3.88. The van der Waals surface area contributed by atoms with Gasteiger partial charge in [0.05, 0.1) is 6.54 Å². The van der Waals surface area contributed by atoms with Crippen molar-refractivity contribution in [1.82, 2.24) is 35.4 Å². The van der Waals surface area contributed by atoms with E-state index in [1.54, 1.807) is 4.68 Å². The molecule has 4 aromatic rings. The van der Waals surface area contributed by atoms with E-state index in [1.807, 2.05) is 55.5 Å². The summed E-state index contributed by atoms with van der Waals surface area (Å²) in [6.45, 7) is 4.42. The van der Waals surface area contributed by atoms with Gasteiger partial charge in [0.25, 0.3) is 0 Å².